The summed E-state index contributed by atoms with van der Waals surface area (Å²) in [5, 5.41) is 3.66. The largest absolute Gasteiger partial charge is 0.307 e. The quantitative estimate of drug-likeness (QED) is 0.834. The van der Waals surface area contributed by atoms with Gasteiger partial charge in [0.25, 0.3) is 0 Å². The van der Waals surface area contributed by atoms with E-state index in [0.717, 1.165) is 10.3 Å². The van der Waals surface area contributed by atoms with E-state index in [4.69, 9.17) is 11.6 Å². The van der Waals surface area contributed by atoms with Gasteiger partial charge < -0.3 is 5.32 Å². The van der Waals surface area contributed by atoms with Crippen LogP contribution in [0.3, 0.4) is 0 Å². The Morgan fingerprint density at radius 3 is 2.60 bits per heavy atom. The van der Waals surface area contributed by atoms with Crippen LogP contribution in [-0.4, -0.2) is 6.04 Å². The van der Waals surface area contributed by atoms with Crippen molar-refractivity contribution in [3.63, 3.8) is 0 Å². The van der Waals surface area contributed by atoms with E-state index in [-0.39, 0.29) is 0 Å². The number of thiophene rings is 1. The summed E-state index contributed by atoms with van der Waals surface area (Å²) in [6, 6.07) is 5.17. The number of rotatable bonds is 4. The molecule has 1 nitrogen and oxygen atoms in total. The van der Waals surface area contributed by atoms with Crippen molar-refractivity contribution in [2.24, 2.45) is 5.92 Å². The lowest BCUT2D eigenvalue weighted by Gasteiger charge is -2.33. The van der Waals surface area contributed by atoms with Gasteiger partial charge in [-0.2, -0.15) is 0 Å². The maximum absolute atomic E-state index is 5.93. The van der Waals surface area contributed by atoms with E-state index in [1.54, 1.807) is 11.3 Å². The highest BCUT2D eigenvalue weighted by Crippen LogP contribution is 2.32. The molecule has 15 heavy (non-hydrogen) atoms. The monoisotopic (exact) mass is 243 g/mol. The molecule has 3 heteroatoms. The Bertz CT molecular complexity index is 319. The van der Waals surface area contributed by atoms with Gasteiger partial charge in [0.1, 0.15) is 0 Å². The summed E-state index contributed by atoms with van der Waals surface area (Å²) < 4.78 is 0.884. The van der Waals surface area contributed by atoms with Crippen LogP contribution < -0.4 is 5.32 Å². The summed E-state index contributed by atoms with van der Waals surface area (Å²) in [5.41, 5.74) is 0. The van der Waals surface area contributed by atoms with Crippen LogP contribution in [0, 0.1) is 5.92 Å². The summed E-state index contributed by atoms with van der Waals surface area (Å²) in [7, 11) is 0. The van der Waals surface area contributed by atoms with Gasteiger partial charge in [-0.25, -0.2) is 0 Å². The first kappa shape index (κ1) is 11.4. The second kappa shape index (κ2) is 4.86. The Balaban J connectivity index is 1.88. The topological polar surface area (TPSA) is 12.0 Å². The van der Waals surface area contributed by atoms with E-state index >= 15 is 0 Å². The fraction of sp³-hybridized carbons (Fsp3) is 0.667. The number of halogens is 1. The molecule has 0 radical (unpaired) electrons. The summed E-state index contributed by atoms with van der Waals surface area (Å²) in [6.45, 7) is 4.52. The maximum Gasteiger partial charge on any atom is 0.0931 e. The standard InChI is InChI=1S/C12H18ClNS/c1-8(10-4-3-5-10)14-9(2)11-6-7-12(13)15-11/h6-10,14H,3-5H2,1-2H3. The third-order valence-corrected chi connectivity index (χ3v) is 4.80. The minimum atomic E-state index is 0.429. The van der Waals surface area contributed by atoms with E-state index in [1.807, 2.05) is 6.07 Å². The third-order valence-electron chi connectivity index (χ3n) is 3.39. The highest BCUT2D eigenvalue weighted by atomic mass is 35.5. The molecule has 2 unspecified atom stereocenters. The van der Waals surface area contributed by atoms with Gasteiger partial charge in [0.2, 0.25) is 0 Å². The molecule has 1 saturated carbocycles. The van der Waals surface area contributed by atoms with Gasteiger partial charge in [0.05, 0.1) is 4.34 Å². The van der Waals surface area contributed by atoms with E-state index in [0.29, 0.717) is 12.1 Å². The smallest absolute Gasteiger partial charge is 0.0931 e. The Hall–Kier alpha value is -0.0500. The molecule has 0 aliphatic heterocycles. The van der Waals surface area contributed by atoms with Gasteiger partial charge in [0, 0.05) is 17.0 Å². The second-order valence-corrected chi connectivity index (χ2v) is 6.26. The molecule has 0 aromatic carbocycles. The molecule has 1 N–H and O–H groups in total. The van der Waals surface area contributed by atoms with Crippen LogP contribution in [0.5, 0.6) is 0 Å². The van der Waals surface area contributed by atoms with Gasteiger partial charge in [0.15, 0.2) is 0 Å². The summed E-state index contributed by atoms with van der Waals surface area (Å²) >= 11 is 7.61. The molecule has 1 aliphatic rings. The second-order valence-electron chi connectivity index (χ2n) is 4.51. The van der Waals surface area contributed by atoms with Crippen molar-refractivity contribution in [1.82, 2.24) is 5.32 Å². The van der Waals surface area contributed by atoms with Gasteiger partial charge in [-0.1, -0.05) is 18.0 Å². The van der Waals surface area contributed by atoms with Crippen molar-refractivity contribution in [2.45, 2.75) is 45.2 Å². The molecule has 0 spiro atoms. The van der Waals surface area contributed by atoms with Gasteiger partial charge in [-0.05, 0) is 44.7 Å². The first-order chi connectivity index (χ1) is 7.16. The fourth-order valence-corrected chi connectivity index (χ4v) is 3.19. The predicted octanol–water partition coefficient (Wildman–Crippen LogP) is 4.24. The summed E-state index contributed by atoms with van der Waals surface area (Å²) in [6.07, 6.45) is 4.20. The lowest BCUT2D eigenvalue weighted by atomic mass is 9.80. The summed E-state index contributed by atoms with van der Waals surface area (Å²) in [4.78, 5) is 1.34. The minimum absolute atomic E-state index is 0.429. The molecule has 2 atom stereocenters. The van der Waals surface area contributed by atoms with Crippen LogP contribution in [-0.2, 0) is 0 Å². The Morgan fingerprint density at radius 2 is 2.13 bits per heavy atom. The Labute approximate surface area is 101 Å². The normalized spacial score (nSPS) is 21.0. The number of hydrogen-bond acceptors (Lipinski definition) is 2. The van der Waals surface area contributed by atoms with Crippen molar-refractivity contribution < 1.29 is 0 Å². The zero-order chi connectivity index (χ0) is 10.8. The van der Waals surface area contributed by atoms with Crippen molar-refractivity contribution >= 4 is 22.9 Å². The maximum atomic E-state index is 5.93. The molecule has 1 aromatic rings. The number of hydrogen-bond donors (Lipinski definition) is 1. The van der Waals surface area contributed by atoms with E-state index in [1.165, 1.54) is 24.1 Å². The van der Waals surface area contributed by atoms with Crippen molar-refractivity contribution in [3.05, 3.63) is 21.3 Å². The zero-order valence-electron chi connectivity index (χ0n) is 9.29. The molecule has 0 saturated heterocycles. The van der Waals surface area contributed by atoms with Gasteiger partial charge in [-0.3, -0.25) is 0 Å². The Morgan fingerprint density at radius 1 is 1.40 bits per heavy atom. The fourth-order valence-electron chi connectivity index (χ4n) is 2.11. The van der Waals surface area contributed by atoms with E-state index in [9.17, 15) is 0 Å². The molecule has 2 rings (SSSR count). The molecule has 1 aliphatic carbocycles. The highest BCUT2D eigenvalue weighted by molar-refractivity contribution is 7.16. The predicted molar refractivity (Wildman–Crippen MR) is 67.7 cm³/mol. The zero-order valence-corrected chi connectivity index (χ0v) is 10.9. The molecule has 0 bridgehead atoms. The van der Waals surface area contributed by atoms with Crippen LogP contribution in [0.25, 0.3) is 0 Å². The lowest BCUT2D eigenvalue weighted by Crippen LogP contribution is -2.38. The van der Waals surface area contributed by atoms with E-state index in [2.05, 4.69) is 25.2 Å². The average molecular weight is 244 g/mol. The van der Waals surface area contributed by atoms with Crippen LogP contribution in [0.2, 0.25) is 4.34 Å². The first-order valence-corrected chi connectivity index (χ1v) is 6.87. The van der Waals surface area contributed by atoms with Gasteiger partial charge in [-0.15, -0.1) is 11.3 Å². The number of nitrogens with one attached hydrogen (secondary N) is 1. The third kappa shape index (κ3) is 2.74. The van der Waals surface area contributed by atoms with E-state index < -0.39 is 0 Å². The van der Waals surface area contributed by atoms with Crippen LogP contribution >= 0.6 is 22.9 Å². The molecule has 84 valence electrons. The lowest BCUT2D eigenvalue weighted by molar-refractivity contribution is 0.230. The molecular weight excluding hydrogens is 226 g/mol. The van der Waals surface area contributed by atoms with Crippen LogP contribution in [0.1, 0.15) is 44.0 Å². The molecule has 0 amide bonds. The van der Waals surface area contributed by atoms with Crippen molar-refractivity contribution in [1.29, 1.82) is 0 Å². The first-order valence-electron chi connectivity index (χ1n) is 5.68. The average Bonchev–Trinajstić information content (AvgIpc) is 2.48. The molecule has 1 fully saturated rings. The van der Waals surface area contributed by atoms with Crippen molar-refractivity contribution in [2.75, 3.05) is 0 Å². The highest BCUT2D eigenvalue weighted by Gasteiger charge is 2.25. The summed E-state index contributed by atoms with van der Waals surface area (Å²) in [5.74, 6) is 0.892. The SMILES string of the molecule is CC(NC(C)C1CCC1)c1ccc(Cl)s1. The van der Waals surface area contributed by atoms with Crippen LogP contribution in [0.15, 0.2) is 12.1 Å². The molecule has 1 heterocycles. The van der Waals surface area contributed by atoms with Gasteiger partial charge >= 0.3 is 0 Å². The molecular formula is C12H18ClNS. The Kier molecular flexibility index (Phi) is 3.70. The van der Waals surface area contributed by atoms with Crippen molar-refractivity contribution in [3.8, 4) is 0 Å². The molecule has 1 aromatic heterocycles. The van der Waals surface area contributed by atoms with Crippen LogP contribution in [0.4, 0.5) is 0 Å². The minimum Gasteiger partial charge on any atom is -0.307 e.